The van der Waals surface area contributed by atoms with E-state index in [1.54, 1.807) is 0 Å². The topological polar surface area (TPSA) is 0 Å². The molecule has 0 heterocycles. The molecular weight excluding hydrogens is 536 g/mol. The smallest absolute Gasteiger partial charge is 0.0785 e. The number of hydrogen-bond acceptors (Lipinski definition) is 3. The van der Waals surface area contributed by atoms with Crippen LogP contribution in [0.25, 0.3) is 0 Å². The fourth-order valence-electron chi connectivity index (χ4n) is 4.45. The van der Waals surface area contributed by atoms with Gasteiger partial charge in [0.25, 0.3) is 0 Å². The highest BCUT2D eigenvalue weighted by atomic mass is 32.1. The van der Waals surface area contributed by atoms with Gasteiger partial charge in [0.1, 0.15) is 0 Å². The van der Waals surface area contributed by atoms with Gasteiger partial charge in [0, 0.05) is 14.7 Å². The summed E-state index contributed by atoms with van der Waals surface area (Å²) in [4.78, 5) is 3.30. The van der Waals surface area contributed by atoms with Crippen molar-refractivity contribution in [1.82, 2.24) is 0 Å². The first-order valence-corrected chi connectivity index (χ1v) is 25.0. The van der Waals surface area contributed by atoms with E-state index in [9.17, 15) is 0 Å². The molecule has 0 aliphatic rings. The first kappa shape index (κ1) is 28.4. The van der Waals surface area contributed by atoms with Crippen molar-refractivity contribution in [3.05, 3.63) is 54.6 Å². The lowest BCUT2D eigenvalue weighted by Gasteiger charge is -2.36. The van der Waals surface area contributed by atoms with E-state index in [0.717, 1.165) is 14.7 Å². The zero-order valence-corrected chi connectivity index (χ0v) is 28.6. The van der Waals surface area contributed by atoms with E-state index in [0.29, 0.717) is 0 Å². The number of benzene rings is 3. The van der Waals surface area contributed by atoms with E-state index in [4.69, 9.17) is 37.9 Å². The normalized spacial score (nSPS) is 13.0. The Morgan fingerprint density at radius 2 is 0.676 bits per heavy atom. The summed E-state index contributed by atoms with van der Waals surface area (Å²) in [5.74, 6) is 0. The molecule has 0 aliphatic carbocycles. The summed E-state index contributed by atoms with van der Waals surface area (Å²) in [7, 11) is -5.87. The number of thiol groups is 3. The molecule has 0 saturated heterocycles. The van der Waals surface area contributed by atoms with Crippen molar-refractivity contribution < 1.29 is 0 Å². The monoisotopic (exact) mass is 574 g/mol. The Morgan fingerprint density at radius 3 is 0.882 bits per heavy atom. The zero-order chi connectivity index (χ0) is 25.6. The van der Waals surface area contributed by atoms with Crippen molar-refractivity contribution in [2.45, 2.75) is 73.6 Å². The lowest BCUT2D eigenvalue weighted by atomic mass is 10.3. The van der Waals surface area contributed by atoms with Crippen molar-refractivity contribution >= 4 is 102 Å². The maximum absolute atomic E-state index is 5.13. The molecule has 3 rings (SSSR count). The van der Waals surface area contributed by atoms with Gasteiger partial charge in [0.05, 0.1) is 24.2 Å². The molecule has 0 atom stereocenters. The Morgan fingerprint density at radius 1 is 0.441 bits per heavy atom. The van der Waals surface area contributed by atoms with Crippen LogP contribution in [0.5, 0.6) is 0 Å². The van der Waals surface area contributed by atoms with Crippen molar-refractivity contribution in [2.75, 3.05) is 0 Å². The van der Waals surface area contributed by atoms with Crippen LogP contribution in [0.1, 0.15) is 0 Å². The third kappa shape index (κ3) is 5.85. The first-order chi connectivity index (χ1) is 15.5. The van der Waals surface area contributed by atoms with Crippen LogP contribution in [0, 0.1) is 0 Å². The average Bonchev–Trinajstić information content (AvgIpc) is 2.68. The Labute approximate surface area is 228 Å². The minimum absolute atomic E-state index is 0.889. The van der Waals surface area contributed by atoms with E-state index < -0.39 is 32.1 Å². The van der Waals surface area contributed by atoms with Crippen molar-refractivity contribution in [1.29, 1.82) is 0 Å². The summed E-state index contributed by atoms with van der Waals surface area (Å²) < 4.78 is 0. The Hall–Kier alpha value is -0.209. The number of rotatable bonds is 6. The summed E-state index contributed by atoms with van der Waals surface area (Å²) in [6, 6.07) is 20.2. The molecule has 34 heavy (non-hydrogen) atoms. The molecule has 0 spiro atoms. The second-order valence-electron chi connectivity index (χ2n) is 12.1. The summed E-state index contributed by atoms with van der Waals surface area (Å²) in [5.41, 5.74) is 0. The highest BCUT2D eigenvalue weighted by molar-refractivity contribution is 7.88. The van der Waals surface area contributed by atoms with Crippen molar-refractivity contribution in [3.8, 4) is 0 Å². The van der Waals surface area contributed by atoms with Gasteiger partial charge in [-0.3, -0.25) is 0 Å². The van der Waals surface area contributed by atoms with Gasteiger partial charge < -0.3 is 0 Å². The molecule has 3 aromatic carbocycles. The number of hydrogen-bond donors (Lipinski definition) is 3. The van der Waals surface area contributed by atoms with Crippen LogP contribution in [0.4, 0.5) is 0 Å². The van der Waals surface area contributed by atoms with E-state index in [1.165, 1.54) is 31.5 Å². The van der Waals surface area contributed by atoms with Gasteiger partial charge in [-0.1, -0.05) is 111 Å². The van der Waals surface area contributed by atoms with Crippen molar-refractivity contribution in [2.24, 2.45) is 0 Å². The van der Waals surface area contributed by atoms with E-state index in [1.807, 2.05) is 0 Å². The molecule has 0 bridgehead atoms. The van der Waals surface area contributed by atoms with Crippen LogP contribution < -0.4 is 31.5 Å². The van der Waals surface area contributed by atoms with Crippen molar-refractivity contribution in [3.63, 3.8) is 0 Å². The predicted molar refractivity (Wildman–Crippen MR) is 176 cm³/mol. The Bertz CT molecular complexity index is 1050. The molecule has 0 N–H and O–H groups in total. The molecule has 0 fully saturated rings. The second-order valence-corrected chi connectivity index (χ2v) is 30.7. The predicted octanol–water partition coefficient (Wildman–Crippen LogP) is 5.95. The SMILES string of the molecule is C[Si](C)(C)c1cccc(S)c1P(c1c(S)cccc1[Si](C)(C)C)c1c(S)cccc1[Si](C)(C)C. The van der Waals surface area contributed by atoms with Gasteiger partial charge in [0.15, 0.2) is 0 Å². The molecule has 182 valence electrons. The van der Waals surface area contributed by atoms with Crippen LogP contribution in [0.2, 0.25) is 58.9 Å². The zero-order valence-electron chi connectivity index (χ0n) is 22.0. The standard InChI is InChI=1S/C27H39PS3Si3/c1-32(2,3)22-16-10-13-19(29)25(22)28(26-20(30)14-11-17-23(26)33(4,5)6)27-21(31)15-12-18-24(27)34(7,8)9/h10-18,29-31H,1-9H3. The molecule has 7 heteroatoms. The minimum Gasteiger partial charge on any atom is -0.143 e. The molecule has 0 radical (unpaired) electrons. The molecule has 0 nitrogen and oxygen atoms in total. The van der Waals surface area contributed by atoms with Gasteiger partial charge in [-0.25, -0.2) is 0 Å². The average molecular weight is 575 g/mol. The maximum atomic E-state index is 5.13. The van der Waals surface area contributed by atoms with E-state index in [-0.39, 0.29) is 0 Å². The van der Waals surface area contributed by atoms with Gasteiger partial charge in [-0.2, -0.15) is 0 Å². The largest absolute Gasteiger partial charge is 0.143 e. The van der Waals surface area contributed by atoms with Crippen LogP contribution in [0.15, 0.2) is 69.3 Å². The molecule has 0 aliphatic heterocycles. The minimum atomic E-state index is -1.66. The molecule has 0 aromatic heterocycles. The molecule has 0 saturated carbocycles. The summed E-state index contributed by atoms with van der Waals surface area (Å²) in [6.45, 7) is 22.0. The van der Waals surface area contributed by atoms with Gasteiger partial charge in [-0.05, 0) is 42.0 Å². The molecular formula is C27H39PS3Si3. The van der Waals surface area contributed by atoms with Crippen LogP contribution in [0.3, 0.4) is 0 Å². The molecule has 3 aromatic rings. The third-order valence-electron chi connectivity index (χ3n) is 6.14. The Kier molecular flexibility index (Phi) is 8.57. The lowest BCUT2D eigenvalue weighted by molar-refractivity contribution is 1.51. The second kappa shape index (κ2) is 10.3. The summed E-state index contributed by atoms with van der Waals surface area (Å²) in [5, 5.41) is 8.76. The molecule has 0 amide bonds. The quantitative estimate of drug-likeness (QED) is 0.181. The first-order valence-electron chi connectivity index (χ1n) is 11.8. The van der Waals surface area contributed by atoms with E-state index >= 15 is 0 Å². The lowest BCUT2D eigenvalue weighted by Crippen LogP contribution is -2.56. The van der Waals surface area contributed by atoms with Gasteiger partial charge in [-0.15, -0.1) is 37.9 Å². The van der Waals surface area contributed by atoms with Gasteiger partial charge >= 0.3 is 0 Å². The highest BCUT2D eigenvalue weighted by Crippen LogP contribution is 2.39. The highest BCUT2D eigenvalue weighted by Gasteiger charge is 2.36. The molecule has 0 unspecified atom stereocenters. The maximum Gasteiger partial charge on any atom is 0.0785 e. The van der Waals surface area contributed by atoms with Crippen LogP contribution in [-0.2, 0) is 0 Å². The van der Waals surface area contributed by atoms with E-state index in [2.05, 4.69) is 114 Å². The third-order valence-corrected chi connectivity index (χ3v) is 17.3. The summed E-state index contributed by atoms with van der Waals surface area (Å²) >= 11 is 15.4. The summed E-state index contributed by atoms with van der Waals surface area (Å²) in [6.07, 6.45) is 0. The van der Waals surface area contributed by atoms with Crippen LogP contribution in [-0.4, -0.2) is 24.2 Å². The van der Waals surface area contributed by atoms with Crippen LogP contribution >= 0.6 is 45.8 Å². The Balaban J connectivity index is 2.61. The fourth-order valence-corrected chi connectivity index (χ4v) is 17.2. The fraction of sp³-hybridized carbons (Fsp3) is 0.333. The van der Waals surface area contributed by atoms with Gasteiger partial charge in [0.2, 0.25) is 0 Å².